The molecule has 5 aromatic carbocycles. The molecule has 104 valence electrons. The molecule has 1 heteroatoms. The SMILES string of the molecule is Cc1ccc2c3cccc4cc(N)cc(c5cccc1c25)c43. The summed E-state index contributed by atoms with van der Waals surface area (Å²) < 4.78 is 0. The Kier molecular flexibility index (Phi) is 2.09. The maximum absolute atomic E-state index is 6.15. The predicted molar refractivity (Wildman–Crippen MR) is 96.8 cm³/mol. The molecule has 0 atom stereocenters. The van der Waals surface area contributed by atoms with E-state index >= 15 is 0 Å². The first-order chi connectivity index (χ1) is 10.7. The lowest BCUT2D eigenvalue weighted by Crippen LogP contribution is -1.90. The van der Waals surface area contributed by atoms with Crippen LogP contribution in [0.4, 0.5) is 5.69 Å². The van der Waals surface area contributed by atoms with Crippen LogP contribution in [0.3, 0.4) is 0 Å². The van der Waals surface area contributed by atoms with E-state index in [-0.39, 0.29) is 0 Å². The second-order valence-corrected chi connectivity index (χ2v) is 6.13. The molecule has 0 amide bonds. The number of nitrogen functional groups attached to an aromatic ring is 1. The van der Waals surface area contributed by atoms with Gasteiger partial charge in [0, 0.05) is 5.69 Å². The molecule has 22 heavy (non-hydrogen) atoms. The summed E-state index contributed by atoms with van der Waals surface area (Å²) in [6.07, 6.45) is 0. The quantitative estimate of drug-likeness (QED) is 0.222. The van der Waals surface area contributed by atoms with Crippen molar-refractivity contribution in [2.24, 2.45) is 0 Å². The summed E-state index contributed by atoms with van der Waals surface area (Å²) >= 11 is 0. The van der Waals surface area contributed by atoms with Gasteiger partial charge in [-0.2, -0.15) is 0 Å². The van der Waals surface area contributed by atoms with Crippen molar-refractivity contribution in [3.05, 3.63) is 66.2 Å². The minimum Gasteiger partial charge on any atom is -0.399 e. The number of nitrogens with two attached hydrogens (primary N) is 1. The van der Waals surface area contributed by atoms with Gasteiger partial charge in [0.1, 0.15) is 0 Å². The molecule has 0 spiro atoms. The molecule has 2 N–H and O–H groups in total. The topological polar surface area (TPSA) is 26.0 Å². The molecular weight excluding hydrogens is 266 g/mol. The van der Waals surface area contributed by atoms with Gasteiger partial charge in [-0.25, -0.2) is 0 Å². The third-order valence-corrected chi connectivity index (χ3v) is 4.84. The highest BCUT2D eigenvalue weighted by molar-refractivity contribution is 6.33. The van der Waals surface area contributed by atoms with Gasteiger partial charge in [0.25, 0.3) is 0 Å². The number of anilines is 1. The first kappa shape index (κ1) is 11.8. The van der Waals surface area contributed by atoms with Gasteiger partial charge in [0.2, 0.25) is 0 Å². The zero-order valence-electron chi connectivity index (χ0n) is 12.4. The van der Waals surface area contributed by atoms with Crippen molar-refractivity contribution in [1.29, 1.82) is 0 Å². The Morgan fingerprint density at radius 1 is 0.636 bits per heavy atom. The zero-order valence-corrected chi connectivity index (χ0v) is 12.4. The predicted octanol–water partition coefficient (Wildman–Crippen LogP) is 5.63. The van der Waals surface area contributed by atoms with Crippen LogP contribution in [0.5, 0.6) is 0 Å². The minimum atomic E-state index is 0.827. The molecule has 0 aliphatic heterocycles. The van der Waals surface area contributed by atoms with E-state index in [0.717, 1.165) is 5.69 Å². The van der Waals surface area contributed by atoms with Gasteiger partial charge < -0.3 is 5.73 Å². The van der Waals surface area contributed by atoms with Crippen LogP contribution in [0.15, 0.2) is 60.7 Å². The molecule has 5 rings (SSSR count). The fraction of sp³-hybridized carbons (Fsp3) is 0.0476. The molecule has 0 saturated heterocycles. The van der Waals surface area contributed by atoms with E-state index in [2.05, 4.69) is 67.6 Å². The minimum absolute atomic E-state index is 0.827. The van der Waals surface area contributed by atoms with Crippen LogP contribution in [0.2, 0.25) is 0 Å². The molecule has 0 saturated carbocycles. The highest BCUT2D eigenvalue weighted by Gasteiger charge is 2.13. The largest absolute Gasteiger partial charge is 0.399 e. The number of benzene rings is 5. The van der Waals surface area contributed by atoms with Gasteiger partial charge in [-0.3, -0.25) is 0 Å². The molecule has 5 aromatic rings. The summed E-state index contributed by atoms with van der Waals surface area (Å²) in [5.74, 6) is 0. The van der Waals surface area contributed by atoms with Gasteiger partial charge in [-0.05, 0) is 67.7 Å². The summed E-state index contributed by atoms with van der Waals surface area (Å²) in [5, 5.41) is 10.4. The number of fused-ring (bicyclic) bond motifs is 2. The smallest absolute Gasteiger partial charge is 0.0326 e. The molecule has 1 nitrogen and oxygen atoms in total. The van der Waals surface area contributed by atoms with Gasteiger partial charge in [-0.15, -0.1) is 0 Å². The van der Waals surface area contributed by atoms with Gasteiger partial charge >= 0.3 is 0 Å². The van der Waals surface area contributed by atoms with Crippen LogP contribution in [-0.2, 0) is 0 Å². The summed E-state index contributed by atoms with van der Waals surface area (Å²) in [6.45, 7) is 2.18. The van der Waals surface area contributed by atoms with Gasteiger partial charge in [0.05, 0.1) is 0 Å². The Balaban J connectivity index is 2.28. The number of hydrogen-bond donors (Lipinski definition) is 1. The van der Waals surface area contributed by atoms with E-state index in [1.54, 1.807) is 0 Å². The highest BCUT2D eigenvalue weighted by Crippen LogP contribution is 2.41. The lowest BCUT2D eigenvalue weighted by molar-refractivity contribution is 1.55. The standard InChI is InChI=1S/C21H15N/c1-12-8-9-18-16-6-2-4-13-10-14(22)11-19(20(13)16)17-7-3-5-15(12)21(17)18/h2-11H,22H2,1H3. The van der Waals surface area contributed by atoms with E-state index in [9.17, 15) is 0 Å². The third kappa shape index (κ3) is 1.33. The van der Waals surface area contributed by atoms with Crippen molar-refractivity contribution in [2.45, 2.75) is 6.92 Å². The normalized spacial score (nSPS) is 12.0. The van der Waals surface area contributed by atoms with Crippen molar-refractivity contribution in [3.63, 3.8) is 0 Å². The monoisotopic (exact) mass is 281 g/mol. The summed E-state index contributed by atoms with van der Waals surface area (Å²) in [4.78, 5) is 0. The maximum Gasteiger partial charge on any atom is 0.0326 e. The van der Waals surface area contributed by atoms with Crippen LogP contribution in [0.25, 0.3) is 43.1 Å². The molecule has 0 aliphatic carbocycles. The van der Waals surface area contributed by atoms with Crippen molar-refractivity contribution >= 4 is 48.8 Å². The first-order valence-electron chi connectivity index (χ1n) is 7.59. The Morgan fingerprint density at radius 3 is 2.18 bits per heavy atom. The van der Waals surface area contributed by atoms with Crippen LogP contribution in [0, 0.1) is 6.92 Å². The second kappa shape index (κ2) is 3.89. The molecule has 0 aliphatic rings. The molecule has 0 fully saturated rings. The summed E-state index contributed by atoms with van der Waals surface area (Å²) in [5.41, 5.74) is 8.30. The number of hydrogen-bond acceptors (Lipinski definition) is 1. The average Bonchev–Trinajstić information content (AvgIpc) is 2.53. The third-order valence-electron chi connectivity index (χ3n) is 4.84. The average molecular weight is 281 g/mol. The van der Waals surface area contributed by atoms with Crippen molar-refractivity contribution < 1.29 is 0 Å². The molecule has 0 aromatic heterocycles. The Hall–Kier alpha value is -2.80. The number of rotatable bonds is 0. The van der Waals surface area contributed by atoms with Crippen LogP contribution >= 0.6 is 0 Å². The molecule has 0 unspecified atom stereocenters. The summed E-state index contributed by atoms with van der Waals surface area (Å²) in [7, 11) is 0. The van der Waals surface area contributed by atoms with Crippen molar-refractivity contribution in [2.75, 3.05) is 5.73 Å². The summed E-state index contributed by atoms with van der Waals surface area (Å²) in [6, 6.07) is 21.8. The maximum atomic E-state index is 6.15. The molecule has 0 radical (unpaired) electrons. The van der Waals surface area contributed by atoms with E-state index in [1.807, 2.05) is 0 Å². The Labute approximate surface area is 128 Å². The lowest BCUT2D eigenvalue weighted by atomic mass is 9.88. The van der Waals surface area contributed by atoms with E-state index in [0.29, 0.717) is 0 Å². The lowest BCUT2D eigenvalue weighted by Gasteiger charge is -2.15. The van der Waals surface area contributed by atoms with E-state index in [4.69, 9.17) is 5.73 Å². The highest BCUT2D eigenvalue weighted by atomic mass is 14.5. The number of aryl methyl sites for hydroxylation is 1. The molecule has 0 bridgehead atoms. The van der Waals surface area contributed by atoms with Crippen molar-refractivity contribution in [1.82, 2.24) is 0 Å². The van der Waals surface area contributed by atoms with Crippen LogP contribution < -0.4 is 5.73 Å². The zero-order chi connectivity index (χ0) is 14.8. The molecular formula is C21H15N. The fourth-order valence-electron chi connectivity index (χ4n) is 3.89. The van der Waals surface area contributed by atoms with Gasteiger partial charge in [-0.1, -0.05) is 48.5 Å². The molecule has 0 heterocycles. The fourth-order valence-corrected chi connectivity index (χ4v) is 3.89. The van der Waals surface area contributed by atoms with Crippen LogP contribution in [-0.4, -0.2) is 0 Å². The first-order valence-corrected chi connectivity index (χ1v) is 7.59. The van der Waals surface area contributed by atoms with E-state index in [1.165, 1.54) is 48.7 Å². The van der Waals surface area contributed by atoms with Crippen molar-refractivity contribution in [3.8, 4) is 0 Å². The van der Waals surface area contributed by atoms with Gasteiger partial charge in [0.15, 0.2) is 0 Å². The second-order valence-electron chi connectivity index (χ2n) is 6.13. The van der Waals surface area contributed by atoms with Crippen LogP contribution in [0.1, 0.15) is 5.56 Å². The van der Waals surface area contributed by atoms with E-state index < -0.39 is 0 Å². The Morgan fingerprint density at radius 2 is 1.32 bits per heavy atom. The Bertz CT molecular complexity index is 1180.